The highest BCUT2D eigenvalue weighted by Gasteiger charge is 2.38. The summed E-state index contributed by atoms with van der Waals surface area (Å²) in [7, 11) is 0. The van der Waals surface area contributed by atoms with Crippen LogP contribution in [0.4, 0.5) is 4.39 Å². The molecule has 3 nitrogen and oxygen atoms in total. The Morgan fingerprint density at radius 3 is 2.48 bits per heavy atom. The first-order valence-electron chi connectivity index (χ1n) is 7.40. The van der Waals surface area contributed by atoms with Crippen LogP contribution < -0.4 is 5.32 Å². The monoisotopic (exact) mass is 313 g/mol. The first-order valence-corrected chi connectivity index (χ1v) is 7.78. The highest BCUT2D eigenvalue weighted by molar-refractivity contribution is 6.31. The zero-order valence-electron chi connectivity index (χ0n) is 12.2. The van der Waals surface area contributed by atoms with Crippen molar-refractivity contribution in [2.75, 3.05) is 0 Å². The molecule has 1 atom stereocenters. The van der Waals surface area contributed by atoms with Crippen LogP contribution in [0.25, 0.3) is 0 Å². The molecule has 0 radical (unpaired) electrons. The zero-order valence-corrected chi connectivity index (χ0v) is 12.9. The highest BCUT2D eigenvalue weighted by atomic mass is 35.5. The van der Waals surface area contributed by atoms with E-state index in [2.05, 4.69) is 5.32 Å². The molecule has 0 heterocycles. The number of nitrogens with one attached hydrogen (secondary N) is 1. The number of carboxylic acid groups (broad SMARTS) is 1. The van der Waals surface area contributed by atoms with Crippen LogP contribution in [-0.2, 0) is 10.3 Å². The van der Waals surface area contributed by atoms with Crippen molar-refractivity contribution in [2.45, 2.75) is 57.0 Å². The minimum Gasteiger partial charge on any atom is -0.480 e. The molecule has 1 saturated carbocycles. The van der Waals surface area contributed by atoms with Crippen LogP contribution in [0.1, 0.15) is 51.0 Å². The van der Waals surface area contributed by atoms with Gasteiger partial charge in [-0.1, -0.05) is 43.4 Å². The Morgan fingerprint density at radius 1 is 1.33 bits per heavy atom. The third kappa shape index (κ3) is 3.74. The third-order valence-electron chi connectivity index (χ3n) is 4.25. The van der Waals surface area contributed by atoms with Crippen molar-refractivity contribution in [1.82, 2.24) is 5.32 Å². The number of hydrogen-bond donors (Lipinski definition) is 2. The predicted molar refractivity (Wildman–Crippen MR) is 81.0 cm³/mol. The van der Waals surface area contributed by atoms with Crippen LogP contribution in [0.2, 0.25) is 5.02 Å². The van der Waals surface area contributed by atoms with Crippen molar-refractivity contribution in [3.8, 4) is 0 Å². The van der Waals surface area contributed by atoms with Gasteiger partial charge in [-0.2, -0.15) is 0 Å². The van der Waals surface area contributed by atoms with Crippen LogP contribution in [0.5, 0.6) is 0 Å². The molecule has 116 valence electrons. The van der Waals surface area contributed by atoms with E-state index >= 15 is 0 Å². The summed E-state index contributed by atoms with van der Waals surface area (Å²) in [5.41, 5.74) is -0.901. The van der Waals surface area contributed by atoms with Gasteiger partial charge in [0.15, 0.2) is 0 Å². The Kier molecular flexibility index (Phi) is 5.22. The summed E-state index contributed by atoms with van der Waals surface area (Å²) in [4.78, 5) is 11.8. The largest absolute Gasteiger partial charge is 0.480 e. The maximum absolute atomic E-state index is 13.2. The van der Waals surface area contributed by atoms with E-state index in [4.69, 9.17) is 11.6 Å². The molecule has 2 N–H and O–H groups in total. The number of rotatable bonds is 4. The number of aliphatic carboxylic acids is 1. The van der Waals surface area contributed by atoms with Crippen LogP contribution in [0.3, 0.4) is 0 Å². The molecule has 0 spiro atoms. The quantitative estimate of drug-likeness (QED) is 0.823. The molecule has 2 rings (SSSR count). The lowest BCUT2D eigenvalue weighted by Crippen LogP contribution is -2.51. The molecule has 1 unspecified atom stereocenters. The lowest BCUT2D eigenvalue weighted by atomic mass is 9.90. The van der Waals surface area contributed by atoms with Gasteiger partial charge in [0, 0.05) is 16.6 Å². The summed E-state index contributed by atoms with van der Waals surface area (Å²) in [6.45, 7) is 1.60. The lowest BCUT2D eigenvalue weighted by Gasteiger charge is -2.32. The fraction of sp³-hybridized carbons (Fsp3) is 0.562. The Labute approximate surface area is 129 Å². The molecule has 0 amide bonds. The maximum atomic E-state index is 13.2. The Morgan fingerprint density at radius 2 is 1.95 bits per heavy atom. The SMILES string of the molecule is CC(NC1CCCCCC1)(C(=O)O)c1ccc(F)cc1Cl. The summed E-state index contributed by atoms with van der Waals surface area (Å²) in [5, 5.41) is 13.0. The van der Waals surface area contributed by atoms with E-state index in [1.54, 1.807) is 6.92 Å². The van der Waals surface area contributed by atoms with Crippen molar-refractivity contribution in [2.24, 2.45) is 0 Å². The molecular formula is C16H21ClFNO2. The second-order valence-corrected chi connectivity index (χ2v) is 6.29. The van der Waals surface area contributed by atoms with Gasteiger partial charge in [-0.05, 0) is 31.9 Å². The van der Waals surface area contributed by atoms with Crippen LogP contribution in [-0.4, -0.2) is 17.1 Å². The average Bonchev–Trinajstić information content (AvgIpc) is 2.66. The molecule has 1 aromatic carbocycles. The molecule has 21 heavy (non-hydrogen) atoms. The highest BCUT2D eigenvalue weighted by Crippen LogP contribution is 2.31. The minimum atomic E-state index is -1.31. The van der Waals surface area contributed by atoms with E-state index in [1.165, 1.54) is 25.0 Å². The Bertz CT molecular complexity index is 515. The van der Waals surface area contributed by atoms with Crippen LogP contribution in [0.15, 0.2) is 18.2 Å². The fourth-order valence-electron chi connectivity index (χ4n) is 2.98. The summed E-state index contributed by atoms with van der Waals surface area (Å²) in [5.74, 6) is -1.47. The van der Waals surface area contributed by atoms with Gasteiger partial charge in [-0.3, -0.25) is 5.32 Å². The van der Waals surface area contributed by atoms with Crippen molar-refractivity contribution in [3.05, 3.63) is 34.6 Å². The minimum absolute atomic E-state index is 0.140. The van der Waals surface area contributed by atoms with E-state index in [9.17, 15) is 14.3 Å². The molecular weight excluding hydrogens is 293 g/mol. The maximum Gasteiger partial charge on any atom is 0.328 e. The van der Waals surface area contributed by atoms with Crippen molar-refractivity contribution in [3.63, 3.8) is 0 Å². The topological polar surface area (TPSA) is 49.3 Å². The predicted octanol–water partition coefficient (Wildman–Crippen LogP) is 4.09. The lowest BCUT2D eigenvalue weighted by molar-refractivity contribution is -0.145. The second kappa shape index (κ2) is 6.75. The van der Waals surface area contributed by atoms with E-state index in [0.29, 0.717) is 5.56 Å². The summed E-state index contributed by atoms with van der Waals surface area (Å²) in [6.07, 6.45) is 6.51. The fourth-order valence-corrected chi connectivity index (χ4v) is 3.34. The molecule has 0 bridgehead atoms. The summed E-state index contributed by atoms with van der Waals surface area (Å²) < 4.78 is 13.2. The van der Waals surface area contributed by atoms with Gasteiger partial charge in [0.05, 0.1) is 0 Å². The third-order valence-corrected chi connectivity index (χ3v) is 4.56. The van der Waals surface area contributed by atoms with Gasteiger partial charge in [0.25, 0.3) is 0 Å². The summed E-state index contributed by atoms with van der Waals surface area (Å²) >= 11 is 6.06. The van der Waals surface area contributed by atoms with Crippen LogP contribution in [0, 0.1) is 5.82 Å². The van der Waals surface area contributed by atoms with Gasteiger partial charge >= 0.3 is 5.97 Å². The zero-order chi connectivity index (χ0) is 15.5. The molecule has 1 aromatic rings. The van der Waals surface area contributed by atoms with E-state index in [0.717, 1.165) is 31.7 Å². The number of benzene rings is 1. The van der Waals surface area contributed by atoms with Gasteiger partial charge in [0.2, 0.25) is 0 Å². The van der Waals surface area contributed by atoms with E-state index < -0.39 is 17.3 Å². The first-order chi connectivity index (χ1) is 9.93. The molecule has 1 aliphatic rings. The molecule has 0 aliphatic heterocycles. The molecule has 0 aromatic heterocycles. The second-order valence-electron chi connectivity index (χ2n) is 5.89. The van der Waals surface area contributed by atoms with E-state index in [-0.39, 0.29) is 11.1 Å². The number of carbonyl (C=O) groups is 1. The van der Waals surface area contributed by atoms with Gasteiger partial charge in [-0.25, -0.2) is 9.18 Å². The molecule has 1 aliphatic carbocycles. The number of carboxylic acids is 1. The smallest absolute Gasteiger partial charge is 0.328 e. The van der Waals surface area contributed by atoms with Crippen molar-refractivity contribution < 1.29 is 14.3 Å². The normalized spacial score (nSPS) is 19.8. The van der Waals surface area contributed by atoms with Crippen molar-refractivity contribution >= 4 is 17.6 Å². The van der Waals surface area contributed by atoms with Crippen LogP contribution >= 0.6 is 11.6 Å². The average molecular weight is 314 g/mol. The first kappa shape index (κ1) is 16.2. The summed E-state index contributed by atoms with van der Waals surface area (Å²) in [6, 6.07) is 4.01. The number of halogens is 2. The molecule has 1 fully saturated rings. The van der Waals surface area contributed by atoms with Gasteiger partial charge in [0.1, 0.15) is 11.4 Å². The number of hydrogen-bond acceptors (Lipinski definition) is 2. The van der Waals surface area contributed by atoms with E-state index in [1.807, 2.05) is 0 Å². The molecule has 5 heteroatoms. The van der Waals surface area contributed by atoms with Gasteiger partial charge in [-0.15, -0.1) is 0 Å². The van der Waals surface area contributed by atoms with Gasteiger partial charge < -0.3 is 5.11 Å². The van der Waals surface area contributed by atoms with Crippen molar-refractivity contribution in [1.29, 1.82) is 0 Å². The standard InChI is InChI=1S/C16H21ClFNO2/c1-16(15(20)21,13-9-8-11(18)10-14(13)17)19-12-6-4-2-3-5-7-12/h8-10,12,19H,2-7H2,1H3,(H,20,21). The molecule has 0 saturated heterocycles. The Hall–Kier alpha value is -1.13. The Balaban J connectivity index is 2.28.